The topological polar surface area (TPSA) is 0 Å². The molecule has 0 aliphatic carbocycles. The lowest BCUT2D eigenvalue weighted by molar-refractivity contribution is 1.27. The van der Waals surface area contributed by atoms with Crippen LogP contribution in [-0.4, -0.2) is 0 Å². The van der Waals surface area contributed by atoms with E-state index in [1.54, 1.807) is 0 Å². The molecule has 14 heavy (non-hydrogen) atoms. The van der Waals surface area contributed by atoms with Gasteiger partial charge in [0.2, 0.25) is 0 Å². The van der Waals surface area contributed by atoms with Crippen LogP contribution in [0.25, 0.3) is 10.8 Å². The molecule has 0 radical (unpaired) electrons. The van der Waals surface area contributed by atoms with Crippen molar-refractivity contribution < 1.29 is 0 Å². The number of alkyl halides is 1. The standard InChI is InChI=1S/C13H13Cl/c1-9-7-11-5-3-4-6-12(11)13(8-14)10(9)2/h3-7H,8H2,1-2H3. The minimum absolute atomic E-state index is 0.591. The van der Waals surface area contributed by atoms with E-state index >= 15 is 0 Å². The summed E-state index contributed by atoms with van der Waals surface area (Å²) in [5, 5.41) is 2.57. The third kappa shape index (κ3) is 1.40. The number of benzene rings is 2. The first-order valence-corrected chi connectivity index (χ1v) is 5.31. The molecule has 0 heterocycles. The molecule has 0 aliphatic rings. The summed E-state index contributed by atoms with van der Waals surface area (Å²) in [6, 6.07) is 10.6. The molecular weight excluding hydrogens is 192 g/mol. The van der Waals surface area contributed by atoms with E-state index in [1.807, 2.05) is 0 Å². The largest absolute Gasteiger partial charge is 0.122 e. The summed E-state index contributed by atoms with van der Waals surface area (Å²) in [7, 11) is 0. The van der Waals surface area contributed by atoms with Gasteiger partial charge in [0.1, 0.15) is 0 Å². The molecule has 0 saturated heterocycles. The van der Waals surface area contributed by atoms with E-state index in [2.05, 4.69) is 44.2 Å². The monoisotopic (exact) mass is 204 g/mol. The minimum atomic E-state index is 0.591. The van der Waals surface area contributed by atoms with Crippen LogP contribution in [0.2, 0.25) is 0 Å². The van der Waals surface area contributed by atoms with Crippen molar-refractivity contribution in [3.8, 4) is 0 Å². The van der Waals surface area contributed by atoms with Gasteiger partial charge in [-0.05, 0) is 41.3 Å². The Morgan fingerprint density at radius 2 is 1.86 bits per heavy atom. The molecule has 0 N–H and O–H groups in total. The van der Waals surface area contributed by atoms with Gasteiger partial charge in [0.25, 0.3) is 0 Å². The van der Waals surface area contributed by atoms with Gasteiger partial charge in [-0.2, -0.15) is 0 Å². The molecular formula is C13H13Cl. The lowest BCUT2D eigenvalue weighted by Crippen LogP contribution is -1.91. The number of fused-ring (bicyclic) bond motifs is 1. The minimum Gasteiger partial charge on any atom is -0.122 e. The van der Waals surface area contributed by atoms with Crippen LogP contribution in [0.1, 0.15) is 16.7 Å². The molecule has 0 aromatic heterocycles. The molecule has 0 aliphatic heterocycles. The van der Waals surface area contributed by atoms with Crippen LogP contribution in [0.5, 0.6) is 0 Å². The van der Waals surface area contributed by atoms with Crippen molar-refractivity contribution in [1.82, 2.24) is 0 Å². The van der Waals surface area contributed by atoms with Crippen molar-refractivity contribution in [3.63, 3.8) is 0 Å². The zero-order chi connectivity index (χ0) is 10.1. The van der Waals surface area contributed by atoms with Gasteiger partial charge in [-0.15, -0.1) is 11.6 Å². The lowest BCUT2D eigenvalue weighted by atomic mass is 9.97. The van der Waals surface area contributed by atoms with Crippen molar-refractivity contribution in [2.45, 2.75) is 19.7 Å². The Morgan fingerprint density at radius 3 is 2.57 bits per heavy atom. The Kier molecular flexibility index (Phi) is 2.47. The van der Waals surface area contributed by atoms with Gasteiger partial charge in [0, 0.05) is 5.88 Å². The van der Waals surface area contributed by atoms with Gasteiger partial charge in [-0.1, -0.05) is 30.3 Å². The SMILES string of the molecule is Cc1cc2ccccc2c(CCl)c1C. The van der Waals surface area contributed by atoms with Gasteiger partial charge < -0.3 is 0 Å². The van der Waals surface area contributed by atoms with Gasteiger partial charge >= 0.3 is 0 Å². The molecule has 0 spiro atoms. The zero-order valence-corrected chi connectivity index (χ0v) is 9.23. The second kappa shape index (κ2) is 3.62. The molecule has 0 amide bonds. The second-order valence-corrected chi connectivity index (χ2v) is 3.92. The number of hydrogen-bond acceptors (Lipinski definition) is 0. The van der Waals surface area contributed by atoms with Crippen LogP contribution < -0.4 is 0 Å². The Balaban J connectivity index is 2.89. The molecule has 1 heteroatoms. The maximum atomic E-state index is 5.98. The summed E-state index contributed by atoms with van der Waals surface area (Å²) in [6.45, 7) is 4.28. The summed E-state index contributed by atoms with van der Waals surface area (Å²) in [5.74, 6) is 0.591. The highest BCUT2D eigenvalue weighted by molar-refractivity contribution is 6.18. The van der Waals surface area contributed by atoms with Gasteiger partial charge in [0.05, 0.1) is 0 Å². The molecule has 0 bridgehead atoms. The fourth-order valence-corrected chi connectivity index (χ4v) is 2.20. The van der Waals surface area contributed by atoms with Crippen molar-refractivity contribution in [3.05, 3.63) is 47.0 Å². The average molecular weight is 205 g/mol. The maximum absolute atomic E-state index is 5.98. The highest BCUT2D eigenvalue weighted by atomic mass is 35.5. The second-order valence-electron chi connectivity index (χ2n) is 3.65. The van der Waals surface area contributed by atoms with E-state index in [4.69, 9.17) is 11.6 Å². The van der Waals surface area contributed by atoms with E-state index in [-0.39, 0.29) is 0 Å². The Morgan fingerprint density at radius 1 is 1.14 bits per heavy atom. The normalized spacial score (nSPS) is 10.8. The van der Waals surface area contributed by atoms with Crippen LogP contribution in [0, 0.1) is 13.8 Å². The number of halogens is 1. The van der Waals surface area contributed by atoms with E-state index in [0.717, 1.165) is 0 Å². The predicted molar refractivity (Wildman–Crippen MR) is 63.0 cm³/mol. The highest BCUT2D eigenvalue weighted by Gasteiger charge is 2.05. The third-order valence-electron chi connectivity index (χ3n) is 2.84. The summed E-state index contributed by atoms with van der Waals surface area (Å²) in [5.41, 5.74) is 3.90. The quantitative estimate of drug-likeness (QED) is 0.611. The molecule has 0 fully saturated rings. The van der Waals surface area contributed by atoms with Gasteiger partial charge in [-0.3, -0.25) is 0 Å². The maximum Gasteiger partial charge on any atom is 0.0482 e. The first-order valence-electron chi connectivity index (χ1n) is 4.78. The summed E-state index contributed by atoms with van der Waals surface area (Å²) in [6.07, 6.45) is 0. The van der Waals surface area contributed by atoms with Crippen LogP contribution in [0.15, 0.2) is 30.3 Å². The molecule has 2 aromatic carbocycles. The molecule has 0 unspecified atom stereocenters. The van der Waals surface area contributed by atoms with Crippen LogP contribution in [0.3, 0.4) is 0 Å². The van der Waals surface area contributed by atoms with E-state index < -0.39 is 0 Å². The summed E-state index contributed by atoms with van der Waals surface area (Å²) in [4.78, 5) is 0. The summed E-state index contributed by atoms with van der Waals surface area (Å²) < 4.78 is 0. The van der Waals surface area contributed by atoms with Crippen LogP contribution in [-0.2, 0) is 5.88 Å². The van der Waals surface area contributed by atoms with E-state index in [0.29, 0.717) is 5.88 Å². The Hall–Kier alpha value is -1.01. The summed E-state index contributed by atoms with van der Waals surface area (Å²) >= 11 is 5.98. The first kappa shape index (κ1) is 9.54. The van der Waals surface area contributed by atoms with Crippen molar-refractivity contribution >= 4 is 22.4 Å². The fourth-order valence-electron chi connectivity index (χ4n) is 1.85. The smallest absolute Gasteiger partial charge is 0.0482 e. The predicted octanol–water partition coefficient (Wildman–Crippen LogP) is 4.20. The number of hydrogen-bond donors (Lipinski definition) is 0. The molecule has 0 saturated carbocycles. The molecule has 72 valence electrons. The van der Waals surface area contributed by atoms with E-state index in [9.17, 15) is 0 Å². The van der Waals surface area contributed by atoms with Crippen molar-refractivity contribution in [1.29, 1.82) is 0 Å². The zero-order valence-electron chi connectivity index (χ0n) is 8.47. The number of rotatable bonds is 1. The lowest BCUT2D eigenvalue weighted by Gasteiger charge is -2.10. The first-order chi connectivity index (χ1) is 6.74. The molecule has 0 nitrogen and oxygen atoms in total. The van der Waals surface area contributed by atoms with Crippen molar-refractivity contribution in [2.24, 2.45) is 0 Å². The van der Waals surface area contributed by atoms with E-state index in [1.165, 1.54) is 27.5 Å². The average Bonchev–Trinajstić information content (AvgIpc) is 2.20. The van der Waals surface area contributed by atoms with Crippen LogP contribution in [0.4, 0.5) is 0 Å². The highest BCUT2D eigenvalue weighted by Crippen LogP contribution is 2.26. The molecule has 0 atom stereocenters. The Labute approximate surface area is 89.5 Å². The van der Waals surface area contributed by atoms with Gasteiger partial charge in [-0.25, -0.2) is 0 Å². The van der Waals surface area contributed by atoms with Crippen molar-refractivity contribution in [2.75, 3.05) is 0 Å². The molecule has 2 aromatic rings. The fraction of sp³-hybridized carbons (Fsp3) is 0.231. The number of aryl methyl sites for hydroxylation is 1. The third-order valence-corrected chi connectivity index (χ3v) is 3.10. The Bertz CT molecular complexity index is 472. The van der Waals surface area contributed by atoms with Crippen LogP contribution >= 0.6 is 11.6 Å². The molecule has 2 rings (SSSR count). The van der Waals surface area contributed by atoms with Gasteiger partial charge in [0.15, 0.2) is 0 Å².